The number of epoxide rings is 1. The van der Waals surface area contributed by atoms with E-state index in [4.69, 9.17) is 35.3 Å². The minimum atomic E-state index is -2.14. The molecule has 2 aliphatic heterocycles. The van der Waals surface area contributed by atoms with E-state index in [1.807, 2.05) is 6.92 Å². The molecule has 1 aliphatic carbocycles. The van der Waals surface area contributed by atoms with E-state index >= 15 is 0 Å². The van der Waals surface area contributed by atoms with Gasteiger partial charge in [-0.1, -0.05) is 12.7 Å². The first-order valence-electron chi connectivity index (χ1n) is 10.8. The Bertz CT molecular complexity index is 938. The highest BCUT2D eigenvalue weighted by Gasteiger charge is 2.65. The van der Waals surface area contributed by atoms with Gasteiger partial charge in [-0.3, -0.25) is 4.79 Å². The van der Waals surface area contributed by atoms with Gasteiger partial charge in [0.1, 0.15) is 12.2 Å². The van der Waals surface area contributed by atoms with Gasteiger partial charge >= 0.3 is 23.9 Å². The van der Waals surface area contributed by atoms with Crippen LogP contribution >= 0.6 is 11.6 Å². The number of rotatable bonds is 5. The summed E-state index contributed by atoms with van der Waals surface area (Å²) in [4.78, 5) is 50.3. The fourth-order valence-electron chi connectivity index (χ4n) is 4.28. The molecule has 3 rings (SSSR count). The first-order chi connectivity index (χ1) is 15.7. The van der Waals surface area contributed by atoms with Crippen LogP contribution < -0.4 is 0 Å². The number of halogens is 1. The van der Waals surface area contributed by atoms with Crippen LogP contribution in [0.15, 0.2) is 23.8 Å². The van der Waals surface area contributed by atoms with E-state index in [9.17, 15) is 24.3 Å². The normalized spacial score (nSPS) is 36.9. The predicted octanol–water partition coefficient (Wildman–Crippen LogP) is 1.36. The van der Waals surface area contributed by atoms with Crippen molar-refractivity contribution in [1.82, 2.24) is 0 Å². The molecule has 0 amide bonds. The van der Waals surface area contributed by atoms with Crippen molar-refractivity contribution in [2.24, 2.45) is 5.92 Å². The molecule has 8 atom stereocenters. The monoisotopic (exact) mass is 500 g/mol. The number of allylic oxidation sites excluding steroid dienone is 1. The fourth-order valence-corrected chi connectivity index (χ4v) is 4.37. The lowest BCUT2D eigenvalue weighted by atomic mass is 9.80. The number of esters is 4. The molecule has 0 radical (unpaired) electrons. The van der Waals surface area contributed by atoms with Crippen molar-refractivity contribution in [2.45, 2.75) is 81.5 Å². The largest absolute Gasteiger partial charge is 0.466 e. The Labute approximate surface area is 202 Å². The van der Waals surface area contributed by atoms with Crippen molar-refractivity contribution in [2.75, 3.05) is 7.11 Å². The molecule has 0 aromatic heterocycles. The summed E-state index contributed by atoms with van der Waals surface area (Å²) in [5.41, 5.74) is -2.95. The van der Waals surface area contributed by atoms with Gasteiger partial charge < -0.3 is 28.8 Å². The van der Waals surface area contributed by atoms with Crippen LogP contribution in [0.5, 0.6) is 0 Å². The number of ether oxygens (including phenoxy) is 5. The van der Waals surface area contributed by atoms with E-state index in [1.165, 1.54) is 13.0 Å². The average Bonchev–Trinajstić information content (AvgIpc) is 3.34. The number of fused-ring (bicyclic) bond motifs is 3. The average molecular weight is 501 g/mol. The van der Waals surface area contributed by atoms with Gasteiger partial charge in [0.05, 0.1) is 29.6 Å². The Morgan fingerprint density at radius 3 is 2.56 bits per heavy atom. The minimum absolute atomic E-state index is 0.0545. The van der Waals surface area contributed by atoms with E-state index in [-0.39, 0.29) is 11.1 Å². The van der Waals surface area contributed by atoms with E-state index in [0.29, 0.717) is 12.8 Å². The summed E-state index contributed by atoms with van der Waals surface area (Å²) in [5.74, 6) is -4.55. The van der Waals surface area contributed by atoms with E-state index in [2.05, 4.69) is 6.58 Å². The van der Waals surface area contributed by atoms with Crippen LogP contribution in [0.4, 0.5) is 0 Å². The van der Waals surface area contributed by atoms with E-state index in [0.717, 1.165) is 21.0 Å². The molecule has 11 heteroatoms. The maximum Gasteiger partial charge on any atom is 0.339 e. The number of carbonyl (C=O) groups is 4. The number of hydrogen-bond acceptors (Lipinski definition) is 10. The lowest BCUT2D eigenvalue weighted by Gasteiger charge is -2.35. The molecule has 0 aromatic rings. The molecule has 2 heterocycles. The number of hydrogen-bond donors (Lipinski definition) is 1. The molecular weight excluding hydrogens is 472 g/mol. The molecular formula is C23H29ClO10. The van der Waals surface area contributed by atoms with Crippen molar-refractivity contribution >= 4 is 35.5 Å². The zero-order chi connectivity index (χ0) is 25.6. The molecule has 0 spiro atoms. The van der Waals surface area contributed by atoms with Crippen LogP contribution in [-0.4, -0.2) is 77.1 Å². The third-order valence-electron chi connectivity index (χ3n) is 6.61. The van der Waals surface area contributed by atoms with Crippen LogP contribution in [0.3, 0.4) is 0 Å². The molecule has 188 valence electrons. The molecule has 1 N–H and O–H groups in total. The quantitative estimate of drug-likeness (QED) is 0.193. The lowest BCUT2D eigenvalue weighted by molar-refractivity contribution is -0.184. The molecule has 2 saturated heterocycles. The van der Waals surface area contributed by atoms with Crippen molar-refractivity contribution < 1.29 is 48.0 Å². The Morgan fingerprint density at radius 1 is 1.35 bits per heavy atom. The zero-order valence-electron chi connectivity index (χ0n) is 19.7. The second kappa shape index (κ2) is 9.31. The summed E-state index contributed by atoms with van der Waals surface area (Å²) < 4.78 is 27.4. The first kappa shape index (κ1) is 26.2. The summed E-state index contributed by atoms with van der Waals surface area (Å²) >= 11 is 5.98. The molecule has 0 saturated carbocycles. The molecule has 0 bridgehead atoms. The van der Waals surface area contributed by atoms with Crippen molar-refractivity contribution in [3.05, 3.63) is 23.8 Å². The third-order valence-corrected chi connectivity index (χ3v) is 7.03. The van der Waals surface area contributed by atoms with Gasteiger partial charge in [-0.2, -0.15) is 0 Å². The first-order valence-corrected chi connectivity index (χ1v) is 11.3. The van der Waals surface area contributed by atoms with Crippen molar-refractivity contribution in [1.29, 1.82) is 0 Å². The topological polar surface area (TPSA) is 138 Å². The van der Waals surface area contributed by atoms with Crippen LogP contribution in [0.25, 0.3) is 0 Å². The summed E-state index contributed by atoms with van der Waals surface area (Å²) in [5, 5.41) is 9.54. The summed E-state index contributed by atoms with van der Waals surface area (Å²) in [6.07, 6.45) is -2.12. The van der Waals surface area contributed by atoms with Crippen molar-refractivity contribution in [3.8, 4) is 0 Å². The summed E-state index contributed by atoms with van der Waals surface area (Å²) in [7, 11) is 1.15. The predicted molar refractivity (Wildman–Crippen MR) is 116 cm³/mol. The second-order valence-electron chi connectivity index (χ2n) is 9.13. The maximum atomic E-state index is 13.0. The smallest absolute Gasteiger partial charge is 0.339 e. The van der Waals surface area contributed by atoms with Gasteiger partial charge in [-0.05, 0) is 33.6 Å². The summed E-state index contributed by atoms with van der Waals surface area (Å²) in [6.45, 7) is 9.30. The van der Waals surface area contributed by atoms with Gasteiger partial charge in [-0.15, -0.1) is 11.6 Å². The highest BCUT2D eigenvalue weighted by molar-refractivity contribution is 6.22. The van der Waals surface area contributed by atoms with Gasteiger partial charge in [0.25, 0.3) is 0 Å². The van der Waals surface area contributed by atoms with Crippen LogP contribution in [-0.2, 0) is 42.9 Å². The molecule has 3 unspecified atom stereocenters. The highest BCUT2D eigenvalue weighted by Crippen LogP contribution is 2.50. The van der Waals surface area contributed by atoms with Gasteiger partial charge in [-0.25, -0.2) is 14.4 Å². The molecule has 10 nitrogen and oxygen atoms in total. The Morgan fingerprint density at radius 2 is 2.00 bits per heavy atom. The van der Waals surface area contributed by atoms with E-state index < -0.39 is 70.8 Å². The van der Waals surface area contributed by atoms with Gasteiger partial charge in [0.15, 0.2) is 17.8 Å². The van der Waals surface area contributed by atoms with Crippen LogP contribution in [0.2, 0.25) is 0 Å². The molecule has 3 aliphatic rings. The highest BCUT2D eigenvalue weighted by atomic mass is 35.5. The van der Waals surface area contributed by atoms with Gasteiger partial charge in [0, 0.05) is 12.5 Å². The number of carbonyl (C=O) groups excluding carboxylic acids is 4. The van der Waals surface area contributed by atoms with Gasteiger partial charge in [0.2, 0.25) is 0 Å². The maximum absolute atomic E-state index is 13.0. The number of methoxy groups -OCH3 is 1. The number of alkyl halides is 1. The minimum Gasteiger partial charge on any atom is -0.466 e. The van der Waals surface area contributed by atoms with Crippen LogP contribution in [0.1, 0.15) is 40.5 Å². The zero-order valence-corrected chi connectivity index (χ0v) is 20.4. The fraction of sp³-hybridized carbons (Fsp3) is 0.652. The SMILES string of the molecule is C=C1C(=O)O[C@H]2[C@H]1[C@@H](OC(=O)C(C)(O)C(C)Cl)C(OC(C)=O)/C(C(=O)OC)=C\CC[C@@]1(C)O[C@H]21. The Hall–Kier alpha value is -2.43. The Balaban J connectivity index is 2.18. The standard InChI is InChI=1S/C23H29ClO10/c1-10-14-16(33-21(28)23(5,29)11(2)24)15(31-12(3)25)13(20(27)30-6)8-7-9-22(4)18(34-22)17(14)32-19(10)26/h8,11,14-18,29H,1,7,9H2,2-6H3/b13-8+/t11?,14-,15?,16-,17+,18-,22-,23?/m1/s1. The second-order valence-corrected chi connectivity index (χ2v) is 9.78. The summed E-state index contributed by atoms with van der Waals surface area (Å²) in [6, 6.07) is 0. The van der Waals surface area contributed by atoms with Crippen LogP contribution in [0, 0.1) is 5.92 Å². The molecule has 0 aromatic carbocycles. The molecule has 2 fully saturated rings. The number of aliphatic hydroxyl groups is 1. The Kier molecular flexibility index (Phi) is 7.17. The lowest BCUT2D eigenvalue weighted by Crippen LogP contribution is -2.52. The third kappa shape index (κ3) is 4.71. The molecule has 34 heavy (non-hydrogen) atoms. The van der Waals surface area contributed by atoms with Crippen molar-refractivity contribution in [3.63, 3.8) is 0 Å². The van der Waals surface area contributed by atoms with E-state index in [1.54, 1.807) is 0 Å².